The summed E-state index contributed by atoms with van der Waals surface area (Å²) < 4.78 is 17.0. The first-order valence-corrected chi connectivity index (χ1v) is 9.46. The SMILES string of the molecule is CC(=O)Nc1cn2nc(-c3c(-c4ccc(F)cc4)ncn3-c3cccnc3)ccc2n1. The maximum absolute atomic E-state index is 13.5. The third-order valence-corrected chi connectivity index (χ3v) is 4.68. The second-order valence-electron chi connectivity index (χ2n) is 6.86. The minimum Gasteiger partial charge on any atom is -0.310 e. The van der Waals surface area contributed by atoms with Crippen LogP contribution < -0.4 is 5.32 Å². The van der Waals surface area contributed by atoms with Gasteiger partial charge in [-0.05, 0) is 48.5 Å². The number of nitrogens with zero attached hydrogens (tertiary/aromatic N) is 6. The number of amides is 1. The average molecular weight is 413 g/mol. The molecule has 1 N–H and O–H groups in total. The van der Waals surface area contributed by atoms with Crippen molar-refractivity contribution in [3.05, 3.63) is 79.3 Å². The van der Waals surface area contributed by atoms with E-state index in [0.29, 0.717) is 22.9 Å². The summed E-state index contributed by atoms with van der Waals surface area (Å²) in [4.78, 5) is 24.5. The highest BCUT2D eigenvalue weighted by molar-refractivity contribution is 5.88. The molecule has 0 saturated heterocycles. The van der Waals surface area contributed by atoms with E-state index in [2.05, 4.69) is 25.4 Å². The quantitative estimate of drug-likeness (QED) is 0.485. The van der Waals surface area contributed by atoms with Crippen molar-refractivity contribution in [3.8, 4) is 28.3 Å². The summed E-state index contributed by atoms with van der Waals surface area (Å²) in [6.45, 7) is 1.42. The third kappa shape index (κ3) is 3.52. The Hall–Kier alpha value is -4.40. The van der Waals surface area contributed by atoms with Crippen molar-refractivity contribution in [2.24, 2.45) is 0 Å². The molecule has 5 rings (SSSR count). The van der Waals surface area contributed by atoms with Gasteiger partial charge in [0.1, 0.15) is 23.5 Å². The van der Waals surface area contributed by atoms with Gasteiger partial charge < -0.3 is 5.32 Å². The zero-order chi connectivity index (χ0) is 21.4. The number of fused-ring (bicyclic) bond motifs is 1. The summed E-state index contributed by atoms with van der Waals surface area (Å²) in [5.41, 5.74) is 4.15. The molecule has 0 aliphatic heterocycles. The van der Waals surface area contributed by atoms with Crippen LogP contribution >= 0.6 is 0 Å². The van der Waals surface area contributed by atoms with Crippen molar-refractivity contribution in [2.45, 2.75) is 6.92 Å². The molecule has 0 unspecified atom stereocenters. The first-order chi connectivity index (χ1) is 15.1. The number of nitrogens with one attached hydrogen (secondary N) is 1. The predicted octanol–water partition coefficient (Wildman–Crippen LogP) is 3.74. The molecule has 0 radical (unpaired) electrons. The van der Waals surface area contributed by atoms with E-state index in [4.69, 9.17) is 0 Å². The van der Waals surface area contributed by atoms with Gasteiger partial charge >= 0.3 is 0 Å². The molecule has 1 aromatic carbocycles. The van der Waals surface area contributed by atoms with E-state index in [1.807, 2.05) is 28.8 Å². The second kappa shape index (κ2) is 7.45. The van der Waals surface area contributed by atoms with Crippen LogP contribution in [0.5, 0.6) is 0 Å². The minimum absolute atomic E-state index is 0.211. The number of hydrogen-bond acceptors (Lipinski definition) is 5. The molecule has 4 heterocycles. The van der Waals surface area contributed by atoms with Crippen LogP contribution in [0.25, 0.3) is 34.0 Å². The van der Waals surface area contributed by atoms with Gasteiger partial charge in [0, 0.05) is 18.7 Å². The lowest BCUT2D eigenvalue weighted by Crippen LogP contribution is -2.05. The maximum Gasteiger partial charge on any atom is 0.222 e. The molecule has 0 aliphatic carbocycles. The van der Waals surface area contributed by atoms with Crippen molar-refractivity contribution < 1.29 is 9.18 Å². The maximum atomic E-state index is 13.5. The van der Waals surface area contributed by atoms with E-state index >= 15 is 0 Å². The number of hydrogen-bond donors (Lipinski definition) is 1. The third-order valence-electron chi connectivity index (χ3n) is 4.68. The summed E-state index contributed by atoms with van der Waals surface area (Å²) in [6.07, 6.45) is 6.75. The summed E-state index contributed by atoms with van der Waals surface area (Å²) in [5, 5.41) is 7.34. The predicted molar refractivity (Wildman–Crippen MR) is 113 cm³/mol. The Labute approximate surface area is 176 Å². The summed E-state index contributed by atoms with van der Waals surface area (Å²) in [5.74, 6) is -0.117. The molecule has 31 heavy (non-hydrogen) atoms. The van der Waals surface area contributed by atoms with Gasteiger partial charge in [0.15, 0.2) is 11.5 Å². The van der Waals surface area contributed by atoms with Gasteiger partial charge in [-0.15, -0.1) is 0 Å². The molecule has 0 fully saturated rings. The van der Waals surface area contributed by atoms with Crippen molar-refractivity contribution >= 4 is 17.4 Å². The van der Waals surface area contributed by atoms with E-state index in [1.165, 1.54) is 19.1 Å². The fourth-order valence-electron chi connectivity index (χ4n) is 3.35. The number of rotatable bonds is 4. The van der Waals surface area contributed by atoms with Crippen molar-refractivity contribution in [2.75, 3.05) is 5.32 Å². The monoisotopic (exact) mass is 413 g/mol. The number of carbonyl (C=O) groups is 1. The highest BCUT2D eigenvalue weighted by Gasteiger charge is 2.19. The Bertz CT molecular complexity index is 1390. The van der Waals surface area contributed by atoms with Gasteiger partial charge in [0.05, 0.1) is 23.8 Å². The van der Waals surface area contributed by atoms with E-state index < -0.39 is 0 Å². The van der Waals surface area contributed by atoms with Gasteiger partial charge in [0.25, 0.3) is 0 Å². The molecule has 4 aromatic heterocycles. The largest absolute Gasteiger partial charge is 0.310 e. The fraction of sp³-hybridized carbons (Fsp3) is 0.0455. The summed E-state index contributed by atoms with van der Waals surface area (Å²) in [7, 11) is 0. The average Bonchev–Trinajstić information content (AvgIpc) is 3.37. The van der Waals surface area contributed by atoms with E-state index in [0.717, 1.165) is 16.9 Å². The van der Waals surface area contributed by atoms with Crippen LogP contribution in [-0.4, -0.2) is 35.0 Å². The Morgan fingerprint density at radius 3 is 2.68 bits per heavy atom. The van der Waals surface area contributed by atoms with Gasteiger partial charge in [-0.25, -0.2) is 18.9 Å². The first-order valence-electron chi connectivity index (χ1n) is 9.46. The molecule has 5 aromatic rings. The van der Waals surface area contributed by atoms with E-state index in [9.17, 15) is 9.18 Å². The minimum atomic E-state index is -0.319. The number of pyridine rings is 1. The lowest BCUT2D eigenvalue weighted by Gasteiger charge is -2.10. The summed E-state index contributed by atoms with van der Waals surface area (Å²) in [6, 6.07) is 13.5. The van der Waals surface area contributed by atoms with Crippen molar-refractivity contribution in [1.82, 2.24) is 29.1 Å². The molecular weight excluding hydrogens is 397 g/mol. The van der Waals surface area contributed by atoms with Gasteiger partial charge in [0.2, 0.25) is 5.91 Å². The number of imidazole rings is 2. The standard InChI is InChI=1S/C22H16FN7O/c1-14(31)26-19-12-30-20(27-19)9-8-18(28-30)22-21(15-4-6-16(23)7-5-15)25-13-29(22)17-3-2-10-24-11-17/h2-13H,1H3,(H,26,31). The zero-order valence-electron chi connectivity index (χ0n) is 16.4. The van der Waals surface area contributed by atoms with E-state index in [1.54, 1.807) is 41.6 Å². The number of benzene rings is 1. The number of aromatic nitrogens is 6. The topological polar surface area (TPSA) is 90.0 Å². The molecule has 1 amide bonds. The van der Waals surface area contributed by atoms with Crippen LogP contribution in [0.3, 0.4) is 0 Å². The normalized spacial score (nSPS) is 11.0. The van der Waals surface area contributed by atoms with Crippen molar-refractivity contribution in [3.63, 3.8) is 0 Å². The van der Waals surface area contributed by atoms with Crippen LogP contribution in [-0.2, 0) is 4.79 Å². The van der Waals surface area contributed by atoms with Crippen LogP contribution in [0.4, 0.5) is 10.2 Å². The first kappa shape index (κ1) is 18.6. The fourth-order valence-corrected chi connectivity index (χ4v) is 3.35. The van der Waals surface area contributed by atoms with Crippen LogP contribution in [0, 0.1) is 5.82 Å². The summed E-state index contributed by atoms with van der Waals surface area (Å²) >= 11 is 0. The molecule has 8 nitrogen and oxygen atoms in total. The zero-order valence-corrected chi connectivity index (χ0v) is 16.4. The molecule has 0 spiro atoms. The van der Waals surface area contributed by atoms with Crippen LogP contribution in [0.15, 0.2) is 73.4 Å². The van der Waals surface area contributed by atoms with Crippen LogP contribution in [0.2, 0.25) is 0 Å². The van der Waals surface area contributed by atoms with Crippen LogP contribution in [0.1, 0.15) is 6.92 Å². The smallest absolute Gasteiger partial charge is 0.222 e. The molecule has 0 bridgehead atoms. The lowest BCUT2D eigenvalue weighted by molar-refractivity contribution is -0.114. The highest BCUT2D eigenvalue weighted by atomic mass is 19.1. The number of carbonyl (C=O) groups excluding carboxylic acids is 1. The molecule has 0 aliphatic rings. The van der Waals surface area contributed by atoms with Gasteiger partial charge in [-0.2, -0.15) is 5.10 Å². The molecule has 152 valence electrons. The Kier molecular flexibility index (Phi) is 4.47. The van der Waals surface area contributed by atoms with Crippen molar-refractivity contribution in [1.29, 1.82) is 0 Å². The molecule has 0 atom stereocenters. The lowest BCUT2D eigenvalue weighted by atomic mass is 10.1. The number of halogens is 1. The molecule has 0 saturated carbocycles. The Morgan fingerprint density at radius 1 is 1.10 bits per heavy atom. The second-order valence-corrected chi connectivity index (χ2v) is 6.86. The van der Waals surface area contributed by atoms with Gasteiger partial charge in [-0.1, -0.05) is 0 Å². The highest BCUT2D eigenvalue weighted by Crippen LogP contribution is 2.32. The van der Waals surface area contributed by atoms with Gasteiger partial charge in [-0.3, -0.25) is 14.3 Å². The number of anilines is 1. The van der Waals surface area contributed by atoms with E-state index in [-0.39, 0.29) is 11.7 Å². The molecular formula is C22H16FN7O. The molecule has 9 heteroatoms. The Balaban J connectivity index is 1.70. The Morgan fingerprint density at radius 2 is 1.94 bits per heavy atom.